The predicted molar refractivity (Wildman–Crippen MR) is 110 cm³/mol. The maximum absolute atomic E-state index is 9.75. The molecule has 0 aliphatic rings. The third-order valence-electron chi connectivity index (χ3n) is 4.07. The Hall–Kier alpha value is -3.03. The van der Waals surface area contributed by atoms with E-state index in [4.69, 9.17) is 4.52 Å². The third kappa shape index (κ3) is 7.48. The van der Waals surface area contributed by atoms with E-state index in [0.717, 1.165) is 17.0 Å². The summed E-state index contributed by atoms with van der Waals surface area (Å²) in [4.78, 5) is 2.09. The van der Waals surface area contributed by atoms with Gasteiger partial charge < -0.3 is 22.2 Å². The second kappa shape index (κ2) is 9.45. The first-order valence-corrected chi connectivity index (χ1v) is 8.93. The van der Waals surface area contributed by atoms with Crippen molar-refractivity contribution in [3.8, 4) is 11.3 Å². The fourth-order valence-electron chi connectivity index (χ4n) is 2.52. The van der Waals surface area contributed by atoms with Crippen LogP contribution in [0.5, 0.6) is 0 Å². The van der Waals surface area contributed by atoms with Crippen LogP contribution in [-0.2, 0) is 7.05 Å². The highest BCUT2D eigenvalue weighted by Crippen LogP contribution is 2.21. The first kappa shape index (κ1) is 22.3. The van der Waals surface area contributed by atoms with E-state index in [1.54, 1.807) is 4.74 Å². The average molecular weight is 406 g/mol. The van der Waals surface area contributed by atoms with E-state index in [9.17, 15) is 17.3 Å². The zero-order valence-electron chi connectivity index (χ0n) is 16.7. The standard InChI is InChI=1S/C21H23N2O.BF4/c1-16-5-10-18(11-6-16)21-15-20(23(4)24-21)14-9-17-7-12-19(13-8-17)22(2)3;2-1(3,4)5/h5-15H,1-4H3;/q+1;-1. The van der Waals surface area contributed by atoms with Gasteiger partial charge in [0.2, 0.25) is 5.76 Å². The Morgan fingerprint density at radius 2 is 1.45 bits per heavy atom. The van der Waals surface area contributed by atoms with Crippen LogP contribution < -0.4 is 9.64 Å². The molecule has 3 rings (SSSR count). The summed E-state index contributed by atoms with van der Waals surface area (Å²) >= 11 is 0. The Morgan fingerprint density at radius 3 is 1.97 bits per heavy atom. The molecule has 1 aromatic heterocycles. The predicted octanol–water partition coefficient (Wildman–Crippen LogP) is 5.62. The molecule has 0 aliphatic heterocycles. The Balaban J connectivity index is 0.000000537. The number of halogens is 4. The Labute approximate surface area is 168 Å². The van der Waals surface area contributed by atoms with Crippen molar-refractivity contribution in [3.63, 3.8) is 0 Å². The molecule has 0 aliphatic carbocycles. The number of aromatic nitrogens is 1. The van der Waals surface area contributed by atoms with Crippen molar-refractivity contribution >= 4 is 25.1 Å². The molecule has 2 aromatic carbocycles. The number of aryl methyl sites for hydroxylation is 2. The van der Waals surface area contributed by atoms with Gasteiger partial charge in [0.25, 0.3) is 5.69 Å². The number of hydrogen-bond donors (Lipinski definition) is 0. The zero-order chi connectivity index (χ0) is 21.6. The summed E-state index contributed by atoms with van der Waals surface area (Å²) < 4.78 is 46.6. The van der Waals surface area contributed by atoms with Gasteiger partial charge >= 0.3 is 7.25 Å². The Morgan fingerprint density at radius 1 is 0.897 bits per heavy atom. The summed E-state index contributed by atoms with van der Waals surface area (Å²) in [5, 5.41) is 0. The van der Waals surface area contributed by atoms with Gasteiger partial charge in [0.05, 0.1) is 6.07 Å². The smallest absolute Gasteiger partial charge is 0.418 e. The van der Waals surface area contributed by atoms with Crippen molar-refractivity contribution < 1.29 is 26.5 Å². The SMILES string of the molecule is Cc1ccc(-c2cc(/C=C/c3ccc(N(C)C)cc3)[n+](C)o2)cc1.F[B-](F)(F)F. The number of benzene rings is 2. The first-order chi connectivity index (χ1) is 13.5. The van der Waals surface area contributed by atoms with Crippen molar-refractivity contribution in [2.75, 3.05) is 19.0 Å². The van der Waals surface area contributed by atoms with Gasteiger partial charge in [-0.3, -0.25) is 0 Å². The van der Waals surface area contributed by atoms with E-state index in [2.05, 4.69) is 78.6 Å². The van der Waals surface area contributed by atoms with E-state index in [1.165, 1.54) is 16.8 Å². The number of hydrogen-bond acceptors (Lipinski definition) is 2. The van der Waals surface area contributed by atoms with E-state index in [1.807, 2.05) is 21.1 Å². The van der Waals surface area contributed by atoms with Gasteiger partial charge in [0, 0.05) is 31.4 Å². The lowest BCUT2D eigenvalue weighted by Crippen LogP contribution is -2.27. The van der Waals surface area contributed by atoms with Gasteiger partial charge in [-0.25, -0.2) is 4.52 Å². The molecule has 0 saturated heterocycles. The van der Waals surface area contributed by atoms with E-state index >= 15 is 0 Å². The molecular formula is C21H23BF4N2O. The van der Waals surface area contributed by atoms with Gasteiger partial charge in [-0.15, -0.1) is 0 Å². The van der Waals surface area contributed by atoms with Crippen LogP contribution in [0.3, 0.4) is 0 Å². The molecule has 0 saturated carbocycles. The van der Waals surface area contributed by atoms with Crippen LogP contribution in [0.4, 0.5) is 23.0 Å². The minimum Gasteiger partial charge on any atom is -0.418 e. The number of anilines is 1. The molecule has 3 aromatic rings. The van der Waals surface area contributed by atoms with Crippen LogP contribution in [0.15, 0.2) is 59.1 Å². The summed E-state index contributed by atoms with van der Waals surface area (Å²) in [6, 6.07) is 18.9. The molecule has 0 amide bonds. The largest absolute Gasteiger partial charge is 0.673 e. The molecule has 1 heterocycles. The van der Waals surface area contributed by atoms with Crippen LogP contribution in [0.2, 0.25) is 0 Å². The average Bonchev–Trinajstić information content (AvgIpc) is 3.00. The van der Waals surface area contributed by atoms with Gasteiger partial charge in [-0.1, -0.05) is 42.0 Å². The summed E-state index contributed by atoms with van der Waals surface area (Å²) in [5.41, 5.74) is 5.73. The van der Waals surface area contributed by atoms with Gasteiger partial charge in [-0.2, -0.15) is 0 Å². The quantitative estimate of drug-likeness (QED) is 0.319. The normalized spacial score (nSPS) is 11.3. The monoisotopic (exact) mass is 406 g/mol. The van der Waals surface area contributed by atoms with Crippen molar-refractivity contribution in [1.29, 1.82) is 0 Å². The molecule has 154 valence electrons. The third-order valence-corrected chi connectivity index (χ3v) is 4.07. The van der Waals surface area contributed by atoms with Crippen molar-refractivity contribution in [1.82, 2.24) is 0 Å². The van der Waals surface area contributed by atoms with Crippen LogP contribution in [0.1, 0.15) is 16.8 Å². The fraction of sp³-hybridized carbons (Fsp3) is 0.190. The topological polar surface area (TPSA) is 20.3 Å². The number of rotatable bonds is 4. The molecule has 0 N–H and O–H groups in total. The lowest BCUT2D eigenvalue weighted by molar-refractivity contribution is -0.844. The van der Waals surface area contributed by atoms with Crippen molar-refractivity contribution in [2.45, 2.75) is 6.92 Å². The molecule has 0 unspecified atom stereocenters. The summed E-state index contributed by atoms with van der Waals surface area (Å²) in [5.74, 6) is 0.875. The van der Waals surface area contributed by atoms with E-state index < -0.39 is 7.25 Å². The van der Waals surface area contributed by atoms with Gasteiger partial charge in [0.1, 0.15) is 0 Å². The Bertz CT molecular complexity index is 940. The molecule has 3 nitrogen and oxygen atoms in total. The van der Waals surface area contributed by atoms with Crippen molar-refractivity contribution in [3.05, 3.63) is 71.4 Å². The number of nitrogens with zero attached hydrogens (tertiary/aromatic N) is 2. The van der Waals surface area contributed by atoms with E-state index in [0.29, 0.717) is 0 Å². The van der Waals surface area contributed by atoms with Crippen LogP contribution in [-0.4, -0.2) is 21.3 Å². The molecule has 0 bridgehead atoms. The summed E-state index contributed by atoms with van der Waals surface area (Å²) in [6.45, 7) is 2.08. The summed E-state index contributed by atoms with van der Waals surface area (Å²) in [7, 11) is 0.0123. The molecule has 0 fully saturated rings. The molecule has 0 radical (unpaired) electrons. The highest BCUT2D eigenvalue weighted by atomic mass is 19.5. The zero-order valence-corrected chi connectivity index (χ0v) is 16.7. The van der Waals surface area contributed by atoms with E-state index in [-0.39, 0.29) is 0 Å². The first-order valence-electron chi connectivity index (χ1n) is 8.93. The molecule has 0 spiro atoms. The minimum atomic E-state index is -6.00. The van der Waals surface area contributed by atoms with Crippen LogP contribution in [0.25, 0.3) is 23.5 Å². The van der Waals surface area contributed by atoms with Gasteiger partial charge in [0.15, 0.2) is 7.05 Å². The lowest BCUT2D eigenvalue weighted by atomic mass is 10.1. The maximum atomic E-state index is 9.75. The Kier molecular flexibility index (Phi) is 7.26. The van der Waals surface area contributed by atoms with Crippen LogP contribution >= 0.6 is 0 Å². The lowest BCUT2D eigenvalue weighted by Gasteiger charge is -2.11. The second-order valence-electron chi connectivity index (χ2n) is 6.70. The maximum Gasteiger partial charge on any atom is 0.673 e. The van der Waals surface area contributed by atoms with Crippen molar-refractivity contribution in [2.24, 2.45) is 7.05 Å². The highest BCUT2D eigenvalue weighted by molar-refractivity contribution is 6.50. The van der Waals surface area contributed by atoms with Gasteiger partial charge in [-0.05, 0) is 35.4 Å². The highest BCUT2D eigenvalue weighted by Gasteiger charge is 2.20. The second-order valence-corrected chi connectivity index (χ2v) is 6.70. The molecule has 8 heteroatoms. The fourth-order valence-corrected chi connectivity index (χ4v) is 2.52. The summed E-state index contributed by atoms with van der Waals surface area (Å²) in [6.07, 6.45) is 4.18. The van der Waals surface area contributed by atoms with Crippen LogP contribution in [0, 0.1) is 6.92 Å². The minimum absolute atomic E-state index is 0.875. The molecular weight excluding hydrogens is 383 g/mol. The molecule has 29 heavy (non-hydrogen) atoms. The molecule has 0 atom stereocenters.